The first-order chi connectivity index (χ1) is 14.2. The maximum absolute atomic E-state index is 12.6. The van der Waals surface area contributed by atoms with Crippen molar-refractivity contribution in [3.05, 3.63) is 30.3 Å². The van der Waals surface area contributed by atoms with E-state index in [-0.39, 0.29) is 5.41 Å². The van der Waals surface area contributed by atoms with Crippen LogP contribution in [0.1, 0.15) is 71.6 Å². The molecule has 0 aromatic heterocycles. The summed E-state index contributed by atoms with van der Waals surface area (Å²) in [6, 6.07) is 10.9. The van der Waals surface area contributed by atoms with E-state index in [2.05, 4.69) is 57.3 Å². The Morgan fingerprint density at radius 2 is 1.70 bits per heavy atom. The molecule has 0 bridgehead atoms. The zero-order valence-electron chi connectivity index (χ0n) is 19.5. The molecule has 0 spiro atoms. The highest BCUT2D eigenvalue weighted by atomic mass is 28.4. The normalized spacial score (nSPS) is 43.6. The number of carbonyl (C=O) groups is 1. The van der Waals surface area contributed by atoms with Gasteiger partial charge in [0.05, 0.1) is 0 Å². The maximum atomic E-state index is 12.6. The van der Waals surface area contributed by atoms with Gasteiger partial charge in [0.15, 0.2) is 0 Å². The van der Waals surface area contributed by atoms with Gasteiger partial charge in [-0.25, -0.2) is 0 Å². The van der Waals surface area contributed by atoms with Crippen LogP contribution >= 0.6 is 0 Å². The van der Waals surface area contributed by atoms with Crippen LogP contribution in [0.2, 0.25) is 13.1 Å². The first-order valence-electron chi connectivity index (χ1n) is 12.5. The molecule has 0 radical (unpaired) electrons. The number of carbonyl (C=O) groups excluding carboxylic acids is 1. The minimum atomic E-state index is -1.85. The standard InChI is InChI=1S/C27H40O2Si/c1-26-16-14-20(29-30(3,4)21-8-6-5-7-9-21)18-19(26)10-11-22-23-12-13-25(28)27(23,2)17-15-24(22)26/h5-9,19-20,22-24H,10-18H2,1-4H3/t19-,20+,22-,23-,24-,26-,27-/m0/s1. The van der Waals surface area contributed by atoms with Gasteiger partial charge in [-0.3, -0.25) is 4.79 Å². The van der Waals surface area contributed by atoms with Gasteiger partial charge in [-0.1, -0.05) is 44.2 Å². The number of rotatable bonds is 3. The van der Waals surface area contributed by atoms with E-state index in [9.17, 15) is 4.79 Å². The lowest BCUT2D eigenvalue weighted by Gasteiger charge is -2.60. The molecule has 0 unspecified atom stereocenters. The van der Waals surface area contributed by atoms with Crippen LogP contribution in [0.25, 0.3) is 0 Å². The molecule has 0 aliphatic heterocycles. The molecule has 4 aliphatic rings. The summed E-state index contributed by atoms with van der Waals surface area (Å²) in [5.74, 6) is 3.67. The topological polar surface area (TPSA) is 26.3 Å². The molecule has 0 heterocycles. The van der Waals surface area contributed by atoms with Gasteiger partial charge in [-0.05, 0) is 98.7 Å². The summed E-state index contributed by atoms with van der Waals surface area (Å²) in [4.78, 5) is 12.6. The van der Waals surface area contributed by atoms with E-state index in [1.54, 1.807) is 0 Å². The van der Waals surface area contributed by atoms with Crippen LogP contribution in [0.15, 0.2) is 30.3 Å². The van der Waals surface area contributed by atoms with Crippen molar-refractivity contribution in [2.24, 2.45) is 34.5 Å². The Morgan fingerprint density at radius 3 is 2.47 bits per heavy atom. The van der Waals surface area contributed by atoms with E-state index < -0.39 is 8.32 Å². The molecular weight excluding hydrogens is 384 g/mol. The van der Waals surface area contributed by atoms with Gasteiger partial charge in [-0.15, -0.1) is 0 Å². The highest BCUT2D eigenvalue weighted by Crippen LogP contribution is 2.65. The fraction of sp³-hybridized carbons (Fsp3) is 0.741. The first kappa shape index (κ1) is 20.9. The second kappa shape index (κ2) is 7.30. The number of Topliss-reactive ketones (excluding diaryl/α,β-unsaturated/α-hetero) is 1. The van der Waals surface area contributed by atoms with Crippen LogP contribution in [0.4, 0.5) is 0 Å². The predicted molar refractivity (Wildman–Crippen MR) is 125 cm³/mol. The van der Waals surface area contributed by atoms with E-state index >= 15 is 0 Å². The lowest BCUT2D eigenvalue weighted by Crippen LogP contribution is -2.55. The van der Waals surface area contributed by atoms with Crippen LogP contribution in [-0.4, -0.2) is 20.2 Å². The van der Waals surface area contributed by atoms with E-state index in [0.29, 0.717) is 23.2 Å². The Hall–Kier alpha value is -0.933. The molecule has 164 valence electrons. The third-order valence-electron chi connectivity index (χ3n) is 10.3. The Bertz CT molecular complexity index is 804. The van der Waals surface area contributed by atoms with Crippen LogP contribution < -0.4 is 5.19 Å². The maximum Gasteiger partial charge on any atom is 0.218 e. The van der Waals surface area contributed by atoms with Gasteiger partial charge in [-0.2, -0.15) is 0 Å². The second-order valence-electron chi connectivity index (χ2n) is 12.0. The van der Waals surface area contributed by atoms with Gasteiger partial charge < -0.3 is 4.43 Å². The van der Waals surface area contributed by atoms with E-state index in [0.717, 1.165) is 30.6 Å². The van der Waals surface area contributed by atoms with E-state index in [1.807, 2.05) is 0 Å². The monoisotopic (exact) mass is 424 g/mol. The summed E-state index contributed by atoms with van der Waals surface area (Å²) in [5.41, 5.74) is 0.476. The highest BCUT2D eigenvalue weighted by molar-refractivity contribution is 6.84. The van der Waals surface area contributed by atoms with Crippen LogP contribution in [0.3, 0.4) is 0 Å². The van der Waals surface area contributed by atoms with Gasteiger partial charge in [0.1, 0.15) is 5.78 Å². The zero-order chi connectivity index (χ0) is 21.1. The average molecular weight is 425 g/mol. The van der Waals surface area contributed by atoms with Crippen molar-refractivity contribution in [3.63, 3.8) is 0 Å². The molecule has 3 heteroatoms. The Kier molecular flexibility index (Phi) is 5.10. The predicted octanol–water partition coefficient (Wildman–Crippen LogP) is 6.10. The summed E-state index contributed by atoms with van der Waals surface area (Å²) in [6.45, 7) is 9.65. The van der Waals surface area contributed by atoms with Gasteiger partial charge >= 0.3 is 0 Å². The smallest absolute Gasteiger partial charge is 0.218 e. The molecule has 4 fully saturated rings. The number of hydrogen-bond donors (Lipinski definition) is 0. The summed E-state index contributed by atoms with van der Waals surface area (Å²) in [6.07, 6.45) is 11.4. The fourth-order valence-corrected chi connectivity index (χ4v) is 10.6. The quantitative estimate of drug-likeness (QED) is 0.548. The average Bonchev–Trinajstić information content (AvgIpc) is 3.03. The Morgan fingerprint density at radius 1 is 0.933 bits per heavy atom. The molecule has 7 atom stereocenters. The molecule has 4 saturated carbocycles. The summed E-state index contributed by atoms with van der Waals surface area (Å²) >= 11 is 0. The molecule has 5 rings (SSSR count). The van der Waals surface area contributed by atoms with Crippen molar-refractivity contribution in [1.82, 2.24) is 0 Å². The lowest BCUT2D eigenvalue weighted by atomic mass is 9.45. The Balaban J connectivity index is 1.30. The van der Waals surface area contributed by atoms with Crippen LogP contribution in [-0.2, 0) is 9.22 Å². The minimum Gasteiger partial charge on any atom is -0.410 e. The van der Waals surface area contributed by atoms with Crippen molar-refractivity contribution in [1.29, 1.82) is 0 Å². The summed E-state index contributed by atoms with van der Waals surface area (Å²) in [7, 11) is -1.85. The summed E-state index contributed by atoms with van der Waals surface area (Å²) in [5, 5.41) is 1.42. The molecule has 1 aromatic rings. The minimum absolute atomic E-state index is 0.00991. The van der Waals surface area contributed by atoms with Gasteiger partial charge in [0, 0.05) is 17.9 Å². The van der Waals surface area contributed by atoms with Crippen molar-refractivity contribution in [2.45, 2.75) is 90.8 Å². The highest BCUT2D eigenvalue weighted by Gasteiger charge is 2.60. The van der Waals surface area contributed by atoms with Crippen molar-refractivity contribution in [3.8, 4) is 0 Å². The van der Waals surface area contributed by atoms with Crippen molar-refractivity contribution >= 4 is 19.3 Å². The summed E-state index contributed by atoms with van der Waals surface area (Å²) < 4.78 is 6.89. The molecule has 4 aliphatic carbocycles. The van der Waals surface area contributed by atoms with E-state index in [4.69, 9.17) is 4.43 Å². The van der Waals surface area contributed by atoms with Gasteiger partial charge in [0.2, 0.25) is 8.32 Å². The second-order valence-corrected chi connectivity index (χ2v) is 15.8. The number of benzene rings is 1. The molecule has 2 nitrogen and oxygen atoms in total. The number of fused-ring (bicyclic) bond motifs is 5. The van der Waals surface area contributed by atoms with Crippen LogP contribution in [0, 0.1) is 34.5 Å². The fourth-order valence-electron chi connectivity index (χ4n) is 8.42. The molecule has 0 saturated heterocycles. The molecule has 0 N–H and O–H groups in total. The van der Waals surface area contributed by atoms with Gasteiger partial charge in [0.25, 0.3) is 0 Å². The third-order valence-corrected chi connectivity index (χ3v) is 12.9. The number of hydrogen-bond acceptors (Lipinski definition) is 2. The Labute approximate surface area is 184 Å². The third kappa shape index (κ3) is 3.18. The lowest BCUT2D eigenvalue weighted by molar-refractivity contribution is -0.141. The van der Waals surface area contributed by atoms with Crippen LogP contribution in [0.5, 0.6) is 0 Å². The van der Waals surface area contributed by atoms with Crippen molar-refractivity contribution in [2.75, 3.05) is 0 Å². The molecule has 30 heavy (non-hydrogen) atoms. The zero-order valence-corrected chi connectivity index (χ0v) is 20.5. The van der Waals surface area contributed by atoms with E-state index in [1.165, 1.54) is 50.1 Å². The molecule has 1 aromatic carbocycles. The van der Waals surface area contributed by atoms with Crippen molar-refractivity contribution < 1.29 is 9.22 Å². The molecular formula is C27H40O2Si. The largest absolute Gasteiger partial charge is 0.410 e. The first-order valence-corrected chi connectivity index (χ1v) is 15.4. The molecule has 0 amide bonds. The SMILES string of the molecule is C[C@]12CC[C@@H](O[Si](C)(C)c3ccccc3)C[C@@H]1CC[C@@H]1[C@@H]2CC[C@]2(C)C(=O)CC[C@@H]12. The number of ketones is 1.